The van der Waals surface area contributed by atoms with E-state index in [1.54, 1.807) is 0 Å². The third-order valence-corrected chi connectivity index (χ3v) is 3.57. The van der Waals surface area contributed by atoms with E-state index in [0.717, 1.165) is 6.42 Å². The standard InChI is InChI=1S/C14H27NO3/c1-12(2,3)15(9-11(16)17)10-8-13(4,5)18-14(10,6)7/h10H,8-9H2,1-7H3,(H,16,17). The fourth-order valence-electron chi connectivity index (χ4n) is 2.98. The van der Waals surface area contributed by atoms with Crippen LogP contribution in [-0.2, 0) is 9.53 Å². The van der Waals surface area contributed by atoms with E-state index in [-0.39, 0.29) is 29.3 Å². The Labute approximate surface area is 110 Å². The fourth-order valence-corrected chi connectivity index (χ4v) is 2.98. The van der Waals surface area contributed by atoms with Crippen molar-refractivity contribution in [2.75, 3.05) is 6.54 Å². The Balaban J connectivity index is 3.03. The van der Waals surface area contributed by atoms with Crippen molar-refractivity contribution >= 4 is 5.97 Å². The number of aliphatic carboxylic acids is 1. The summed E-state index contributed by atoms with van der Waals surface area (Å²) in [6.07, 6.45) is 0.852. The minimum atomic E-state index is -0.787. The third kappa shape index (κ3) is 3.45. The highest BCUT2D eigenvalue weighted by Gasteiger charge is 2.50. The van der Waals surface area contributed by atoms with E-state index in [2.05, 4.69) is 34.6 Å². The van der Waals surface area contributed by atoms with Crippen LogP contribution >= 0.6 is 0 Å². The fraction of sp³-hybridized carbons (Fsp3) is 0.929. The number of hydrogen-bond acceptors (Lipinski definition) is 3. The Morgan fingerprint density at radius 3 is 2.11 bits per heavy atom. The van der Waals surface area contributed by atoms with E-state index in [1.807, 2.05) is 18.7 Å². The van der Waals surface area contributed by atoms with Gasteiger partial charge in [-0.05, 0) is 54.9 Å². The first-order valence-electron chi connectivity index (χ1n) is 6.54. The van der Waals surface area contributed by atoms with Gasteiger partial charge in [-0.25, -0.2) is 0 Å². The van der Waals surface area contributed by atoms with Gasteiger partial charge in [0.2, 0.25) is 0 Å². The molecule has 18 heavy (non-hydrogen) atoms. The molecule has 0 aromatic heterocycles. The zero-order valence-electron chi connectivity index (χ0n) is 12.7. The molecule has 1 aliphatic rings. The van der Waals surface area contributed by atoms with Gasteiger partial charge in [-0.15, -0.1) is 0 Å². The average molecular weight is 257 g/mol. The van der Waals surface area contributed by atoms with Gasteiger partial charge in [-0.1, -0.05) is 0 Å². The second-order valence-corrected chi connectivity index (χ2v) is 7.38. The zero-order valence-corrected chi connectivity index (χ0v) is 12.7. The van der Waals surface area contributed by atoms with Crippen LogP contribution in [0.2, 0.25) is 0 Å². The van der Waals surface area contributed by atoms with Crippen molar-refractivity contribution in [1.29, 1.82) is 0 Å². The summed E-state index contributed by atoms with van der Waals surface area (Å²) < 4.78 is 6.07. The quantitative estimate of drug-likeness (QED) is 0.844. The maximum atomic E-state index is 11.1. The Hall–Kier alpha value is -0.610. The Kier molecular flexibility index (Phi) is 3.86. The molecular formula is C14H27NO3. The summed E-state index contributed by atoms with van der Waals surface area (Å²) in [4.78, 5) is 13.1. The lowest BCUT2D eigenvalue weighted by Gasteiger charge is -2.43. The topological polar surface area (TPSA) is 49.8 Å². The summed E-state index contributed by atoms with van der Waals surface area (Å²) >= 11 is 0. The molecule has 1 unspecified atom stereocenters. The predicted octanol–water partition coefficient (Wildman–Crippen LogP) is 2.52. The van der Waals surface area contributed by atoms with Gasteiger partial charge in [0, 0.05) is 11.6 Å². The SMILES string of the molecule is CC1(C)CC(N(CC(=O)O)C(C)(C)C)C(C)(C)O1. The van der Waals surface area contributed by atoms with Crippen molar-refractivity contribution in [2.24, 2.45) is 0 Å². The normalized spacial score (nSPS) is 26.6. The predicted molar refractivity (Wildman–Crippen MR) is 71.7 cm³/mol. The highest BCUT2D eigenvalue weighted by atomic mass is 16.5. The van der Waals surface area contributed by atoms with Gasteiger partial charge in [-0.3, -0.25) is 9.69 Å². The van der Waals surface area contributed by atoms with Gasteiger partial charge in [0.25, 0.3) is 0 Å². The van der Waals surface area contributed by atoms with Gasteiger partial charge in [0.1, 0.15) is 0 Å². The molecule has 106 valence electrons. The van der Waals surface area contributed by atoms with E-state index >= 15 is 0 Å². The van der Waals surface area contributed by atoms with Crippen molar-refractivity contribution < 1.29 is 14.6 Å². The van der Waals surface area contributed by atoms with Crippen LogP contribution < -0.4 is 0 Å². The molecule has 0 radical (unpaired) electrons. The molecule has 0 bridgehead atoms. The van der Waals surface area contributed by atoms with Gasteiger partial charge < -0.3 is 9.84 Å². The molecule has 0 amide bonds. The highest BCUT2D eigenvalue weighted by Crippen LogP contribution is 2.42. The largest absolute Gasteiger partial charge is 0.480 e. The van der Waals surface area contributed by atoms with Gasteiger partial charge >= 0.3 is 5.97 Å². The third-order valence-electron chi connectivity index (χ3n) is 3.57. The first kappa shape index (κ1) is 15.4. The van der Waals surface area contributed by atoms with Crippen LogP contribution in [0.25, 0.3) is 0 Å². The molecule has 0 aromatic rings. The van der Waals surface area contributed by atoms with Crippen LogP contribution in [0.15, 0.2) is 0 Å². The number of nitrogens with zero attached hydrogens (tertiary/aromatic N) is 1. The first-order chi connectivity index (χ1) is 7.85. The minimum absolute atomic E-state index is 0.0526. The van der Waals surface area contributed by atoms with E-state index in [9.17, 15) is 4.79 Å². The first-order valence-corrected chi connectivity index (χ1v) is 6.54. The summed E-state index contributed by atoms with van der Waals surface area (Å²) in [7, 11) is 0. The van der Waals surface area contributed by atoms with Gasteiger partial charge in [0.15, 0.2) is 0 Å². The molecule has 1 heterocycles. The lowest BCUT2D eigenvalue weighted by atomic mass is 9.89. The molecule has 0 aliphatic carbocycles. The molecule has 1 fully saturated rings. The summed E-state index contributed by atoms with van der Waals surface area (Å²) in [5.74, 6) is -0.787. The molecule has 1 rings (SSSR count). The molecule has 0 saturated carbocycles. The van der Waals surface area contributed by atoms with Crippen LogP contribution in [0.3, 0.4) is 0 Å². The van der Waals surface area contributed by atoms with E-state index < -0.39 is 5.97 Å². The Bertz CT molecular complexity index is 328. The van der Waals surface area contributed by atoms with Crippen LogP contribution in [0.5, 0.6) is 0 Å². The van der Waals surface area contributed by atoms with E-state index in [0.29, 0.717) is 0 Å². The maximum absolute atomic E-state index is 11.1. The molecule has 4 nitrogen and oxygen atoms in total. The number of ether oxygens (including phenoxy) is 1. The summed E-state index contributed by atoms with van der Waals surface area (Å²) in [6, 6.07) is 0.114. The lowest BCUT2D eigenvalue weighted by molar-refractivity contribution is -0.142. The second kappa shape index (κ2) is 4.49. The minimum Gasteiger partial charge on any atom is -0.480 e. The molecular weight excluding hydrogens is 230 g/mol. The molecule has 1 N–H and O–H groups in total. The number of rotatable bonds is 3. The zero-order chi connectivity index (χ0) is 14.4. The molecule has 1 saturated heterocycles. The molecule has 1 atom stereocenters. The van der Waals surface area contributed by atoms with Crippen LogP contribution in [-0.4, -0.2) is 45.3 Å². The molecule has 0 spiro atoms. The average Bonchev–Trinajstić information content (AvgIpc) is 2.27. The lowest BCUT2D eigenvalue weighted by Crippen LogP contribution is -2.56. The van der Waals surface area contributed by atoms with Gasteiger partial charge in [0.05, 0.1) is 17.7 Å². The van der Waals surface area contributed by atoms with Crippen molar-refractivity contribution in [2.45, 2.75) is 77.7 Å². The van der Waals surface area contributed by atoms with Gasteiger partial charge in [-0.2, -0.15) is 0 Å². The van der Waals surface area contributed by atoms with Crippen LogP contribution in [0.4, 0.5) is 0 Å². The highest BCUT2D eigenvalue weighted by molar-refractivity contribution is 5.69. The monoisotopic (exact) mass is 257 g/mol. The summed E-state index contributed by atoms with van der Waals surface area (Å²) in [5, 5.41) is 9.13. The maximum Gasteiger partial charge on any atom is 0.317 e. The Morgan fingerprint density at radius 2 is 1.83 bits per heavy atom. The van der Waals surface area contributed by atoms with E-state index in [1.165, 1.54) is 0 Å². The van der Waals surface area contributed by atoms with Crippen molar-refractivity contribution in [3.63, 3.8) is 0 Å². The number of hydrogen-bond donors (Lipinski definition) is 1. The number of carboxylic acids is 1. The summed E-state index contributed by atoms with van der Waals surface area (Å²) in [5.41, 5.74) is -0.716. The van der Waals surface area contributed by atoms with E-state index in [4.69, 9.17) is 9.84 Å². The smallest absolute Gasteiger partial charge is 0.317 e. The summed E-state index contributed by atoms with van der Waals surface area (Å²) in [6.45, 7) is 14.4. The van der Waals surface area contributed by atoms with Crippen molar-refractivity contribution in [3.8, 4) is 0 Å². The van der Waals surface area contributed by atoms with Crippen LogP contribution in [0, 0.1) is 0 Å². The van der Waals surface area contributed by atoms with Crippen LogP contribution in [0.1, 0.15) is 54.9 Å². The molecule has 1 aliphatic heterocycles. The Morgan fingerprint density at radius 1 is 1.33 bits per heavy atom. The number of carboxylic acid groups (broad SMARTS) is 1. The second-order valence-electron chi connectivity index (χ2n) is 7.38. The number of carbonyl (C=O) groups is 1. The molecule has 4 heteroatoms. The molecule has 0 aromatic carbocycles. The van der Waals surface area contributed by atoms with Crippen molar-refractivity contribution in [1.82, 2.24) is 4.90 Å². The van der Waals surface area contributed by atoms with Crippen molar-refractivity contribution in [3.05, 3.63) is 0 Å².